The van der Waals surface area contributed by atoms with Gasteiger partial charge in [-0.1, -0.05) is 18.6 Å². The van der Waals surface area contributed by atoms with Gasteiger partial charge in [0, 0.05) is 12.6 Å². The Morgan fingerprint density at radius 1 is 1.13 bits per heavy atom. The van der Waals surface area contributed by atoms with E-state index in [1.807, 2.05) is 20.8 Å². The summed E-state index contributed by atoms with van der Waals surface area (Å²) in [7, 11) is 0. The summed E-state index contributed by atoms with van der Waals surface area (Å²) in [6.07, 6.45) is 11.0. The first-order valence-electron chi connectivity index (χ1n) is 9.29. The molecule has 3 aliphatic carbocycles. The molecule has 3 rings (SSSR count). The zero-order valence-electron chi connectivity index (χ0n) is 14.8. The molecule has 0 aromatic rings. The van der Waals surface area contributed by atoms with Crippen LogP contribution < -0.4 is 10.6 Å². The van der Waals surface area contributed by atoms with Gasteiger partial charge in [-0.05, 0) is 76.7 Å². The first-order valence-corrected chi connectivity index (χ1v) is 9.29. The van der Waals surface area contributed by atoms with Gasteiger partial charge in [-0.15, -0.1) is 0 Å². The summed E-state index contributed by atoms with van der Waals surface area (Å²) in [6.45, 7) is 7.56. The lowest BCUT2D eigenvalue weighted by molar-refractivity contribution is 0.0517. The molecule has 0 aliphatic heterocycles. The van der Waals surface area contributed by atoms with Gasteiger partial charge in [0.25, 0.3) is 0 Å². The van der Waals surface area contributed by atoms with Crippen molar-refractivity contribution in [3.05, 3.63) is 12.2 Å². The Kier molecular flexibility index (Phi) is 5.00. The molecule has 0 radical (unpaired) electrons. The first-order chi connectivity index (χ1) is 10.9. The zero-order chi connectivity index (χ0) is 16.4. The predicted molar refractivity (Wildman–Crippen MR) is 92.2 cm³/mol. The van der Waals surface area contributed by atoms with E-state index in [0.717, 1.165) is 30.8 Å². The Labute approximate surface area is 140 Å². The monoisotopic (exact) mass is 320 g/mol. The minimum atomic E-state index is -0.424. The van der Waals surface area contributed by atoms with Gasteiger partial charge >= 0.3 is 6.09 Å². The van der Waals surface area contributed by atoms with Crippen molar-refractivity contribution in [2.24, 2.45) is 23.7 Å². The topological polar surface area (TPSA) is 50.4 Å². The fourth-order valence-corrected chi connectivity index (χ4v) is 4.51. The van der Waals surface area contributed by atoms with Gasteiger partial charge in [-0.25, -0.2) is 4.79 Å². The molecule has 2 fully saturated rings. The van der Waals surface area contributed by atoms with E-state index in [-0.39, 0.29) is 6.09 Å². The van der Waals surface area contributed by atoms with E-state index in [0.29, 0.717) is 12.0 Å². The summed E-state index contributed by atoms with van der Waals surface area (Å²) >= 11 is 0. The lowest BCUT2D eigenvalue weighted by Gasteiger charge is -2.26. The molecular formula is C19H32N2O2. The molecule has 2 N–H and O–H groups in total. The molecule has 0 aromatic carbocycles. The summed E-state index contributed by atoms with van der Waals surface area (Å²) in [5, 5.41) is 6.76. The Bertz CT molecular complexity index is 455. The van der Waals surface area contributed by atoms with Crippen LogP contribution in [0.5, 0.6) is 0 Å². The van der Waals surface area contributed by atoms with Crippen LogP contribution in [0.3, 0.4) is 0 Å². The van der Waals surface area contributed by atoms with Crippen LogP contribution in [0.1, 0.15) is 52.9 Å². The number of carbonyl (C=O) groups excluding carboxylic acids is 1. The molecule has 0 aromatic heterocycles. The number of rotatable bonds is 5. The molecule has 130 valence electrons. The van der Waals surface area contributed by atoms with Crippen LogP contribution in [0.2, 0.25) is 0 Å². The second kappa shape index (κ2) is 6.84. The van der Waals surface area contributed by atoms with Crippen molar-refractivity contribution in [2.45, 2.75) is 64.5 Å². The van der Waals surface area contributed by atoms with E-state index in [2.05, 4.69) is 22.8 Å². The summed E-state index contributed by atoms with van der Waals surface area (Å²) in [5.41, 5.74) is -0.424. The van der Waals surface area contributed by atoms with Crippen LogP contribution in [0.15, 0.2) is 12.2 Å². The Morgan fingerprint density at radius 2 is 1.96 bits per heavy atom. The number of fused-ring (bicyclic) bond motifs is 2. The Hall–Kier alpha value is -1.03. The molecular weight excluding hydrogens is 288 g/mol. The van der Waals surface area contributed by atoms with Crippen LogP contribution >= 0.6 is 0 Å². The molecule has 23 heavy (non-hydrogen) atoms. The SMILES string of the molecule is CC(C)(C)OC(=O)NCC1CCCC1NCC1CC2C=CC1C2. The Morgan fingerprint density at radius 3 is 2.61 bits per heavy atom. The maximum atomic E-state index is 11.8. The highest BCUT2D eigenvalue weighted by molar-refractivity contribution is 5.67. The number of hydrogen-bond acceptors (Lipinski definition) is 3. The second-order valence-corrected chi connectivity index (χ2v) is 8.63. The van der Waals surface area contributed by atoms with E-state index in [1.165, 1.54) is 32.1 Å². The molecule has 0 spiro atoms. The lowest BCUT2D eigenvalue weighted by Crippen LogP contribution is -2.42. The summed E-state index contributed by atoms with van der Waals surface area (Å²) in [5.74, 6) is 3.02. The maximum absolute atomic E-state index is 11.8. The number of allylic oxidation sites excluding steroid dienone is 2. The summed E-state index contributed by atoms with van der Waals surface area (Å²) < 4.78 is 5.33. The largest absolute Gasteiger partial charge is 0.444 e. The highest BCUT2D eigenvalue weighted by Gasteiger charge is 2.36. The molecule has 0 saturated heterocycles. The minimum absolute atomic E-state index is 0.290. The third kappa shape index (κ3) is 4.50. The van der Waals surface area contributed by atoms with E-state index < -0.39 is 5.60 Å². The minimum Gasteiger partial charge on any atom is -0.444 e. The summed E-state index contributed by atoms with van der Waals surface area (Å²) in [6, 6.07) is 0.549. The van der Waals surface area contributed by atoms with Crippen molar-refractivity contribution >= 4 is 6.09 Å². The predicted octanol–water partition coefficient (Wildman–Crippen LogP) is 3.48. The average Bonchev–Trinajstić information content (AvgIpc) is 3.17. The van der Waals surface area contributed by atoms with Gasteiger partial charge < -0.3 is 15.4 Å². The molecule has 0 heterocycles. The van der Waals surface area contributed by atoms with Crippen LogP contribution in [-0.2, 0) is 4.74 Å². The smallest absolute Gasteiger partial charge is 0.407 e. The van der Waals surface area contributed by atoms with E-state index >= 15 is 0 Å². The van der Waals surface area contributed by atoms with Crippen molar-refractivity contribution in [3.8, 4) is 0 Å². The van der Waals surface area contributed by atoms with Crippen molar-refractivity contribution < 1.29 is 9.53 Å². The van der Waals surface area contributed by atoms with Crippen molar-refractivity contribution in [1.29, 1.82) is 0 Å². The van der Waals surface area contributed by atoms with Crippen LogP contribution in [0.25, 0.3) is 0 Å². The highest BCUT2D eigenvalue weighted by Crippen LogP contribution is 2.43. The standard InChI is InChI=1S/C19H32N2O2/c1-19(2,3)23-18(22)21-11-15-5-4-6-17(15)20-12-16-10-13-7-8-14(16)9-13/h7-8,13-17,20H,4-6,9-12H2,1-3H3,(H,21,22). The molecule has 4 heteroatoms. The molecule has 3 aliphatic rings. The molecule has 2 bridgehead atoms. The number of amides is 1. The van der Waals surface area contributed by atoms with E-state index in [1.54, 1.807) is 0 Å². The van der Waals surface area contributed by atoms with Crippen molar-refractivity contribution in [3.63, 3.8) is 0 Å². The summed E-state index contributed by atoms with van der Waals surface area (Å²) in [4.78, 5) is 11.8. The van der Waals surface area contributed by atoms with Gasteiger partial charge in [0.1, 0.15) is 5.60 Å². The fraction of sp³-hybridized carbons (Fsp3) is 0.842. The van der Waals surface area contributed by atoms with Crippen molar-refractivity contribution in [1.82, 2.24) is 10.6 Å². The highest BCUT2D eigenvalue weighted by atomic mass is 16.6. The zero-order valence-corrected chi connectivity index (χ0v) is 14.8. The van der Waals surface area contributed by atoms with Crippen molar-refractivity contribution in [2.75, 3.05) is 13.1 Å². The second-order valence-electron chi connectivity index (χ2n) is 8.63. The lowest BCUT2D eigenvalue weighted by atomic mass is 9.93. The fourth-order valence-electron chi connectivity index (χ4n) is 4.51. The van der Waals surface area contributed by atoms with Gasteiger partial charge in [0.2, 0.25) is 0 Å². The molecule has 4 nitrogen and oxygen atoms in total. The number of nitrogens with one attached hydrogen (secondary N) is 2. The quantitative estimate of drug-likeness (QED) is 0.763. The third-order valence-electron chi connectivity index (χ3n) is 5.63. The molecule has 5 atom stereocenters. The van der Waals surface area contributed by atoms with Crippen LogP contribution in [0.4, 0.5) is 4.79 Å². The van der Waals surface area contributed by atoms with Gasteiger partial charge in [-0.3, -0.25) is 0 Å². The normalized spacial score (nSPS) is 35.7. The van der Waals surface area contributed by atoms with E-state index in [4.69, 9.17) is 4.74 Å². The maximum Gasteiger partial charge on any atom is 0.407 e. The number of carbonyl (C=O) groups is 1. The molecule has 2 saturated carbocycles. The molecule has 1 amide bonds. The van der Waals surface area contributed by atoms with Gasteiger partial charge in [0.15, 0.2) is 0 Å². The third-order valence-corrected chi connectivity index (χ3v) is 5.63. The number of alkyl carbamates (subject to hydrolysis) is 1. The molecule has 5 unspecified atom stereocenters. The first kappa shape index (κ1) is 16.8. The van der Waals surface area contributed by atoms with Crippen LogP contribution in [-0.4, -0.2) is 30.8 Å². The van der Waals surface area contributed by atoms with E-state index in [9.17, 15) is 4.79 Å². The van der Waals surface area contributed by atoms with Gasteiger partial charge in [-0.2, -0.15) is 0 Å². The number of ether oxygens (including phenoxy) is 1. The van der Waals surface area contributed by atoms with Gasteiger partial charge in [0.05, 0.1) is 0 Å². The van der Waals surface area contributed by atoms with Crippen LogP contribution in [0, 0.1) is 23.7 Å². The average molecular weight is 320 g/mol. The number of hydrogen-bond donors (Lipinski definition) is 2. The Balaban J connectivity index is 1.39.